The Labute approximate surface area is 308 Å². The number of thiazole rings is 1. The molecule has 3 heterocycles. The number of fused-ring (bicyclic) bond motifs is 3. The van der Waals surface area contributed by atoms with Crippen molar-refractivity contribution in [2.45, 2.75) is 94.4 Å². The average molecular weight is 750 g/mol. The highest BCUT2D eigenvalue weighted by molar-refractivity contribution is 7.91. The number of nitrogens with zero attached hydrogens (tertiary/aromatic N) is 3. The minimum absolute atomic E-state index is 0.143. The van der Waals surface area contributed by atoms with Gasteiger partial charge in [0.25, 0.3) is 5.91 Å². The van der Waals surface area contributed by atoms with Crippen LogP contribution in [-0.4, -0.2) is 78.6 Å². The molecule has 3 amide bonds. The Morgan fingerprint density at radius 1 is 1.10 bits per heavy atom. The molecule has 3 aromatic rings. The summed E-state index contributed by atoms with van der Waals surface area (Å²) < 4.78 is 40.1. The number of pyridine rings is 1. The first-order valence-electron chi connectivity index (χ1n) is 18.3. The van der Waals surface area contributed by atoms with Crippen LogP contribution in [0.1, 0.15) is 83.2 Å². The van der Waals surface area contributed by atoms with Gasteiger partial charge in [0, 0.05) is 42.4 Å². The molecular weight excluding hydrogens is 703 g/mol. The fraction of sp³-hybridized carbons (Fsp3) is 0.553. The molecule has 1 aromatic carbocycles. The normalized spacial score (nSPS) is 27.6. The van der Waals surface area contributed by atoms with E-state index in [-0.39, 0.29) is 30.6 Å². The number of allylic oxidation sites excluding steroid dienone is 1. The zero-order valence-electron chi connectivity index (χ0n) is 30.1. The topological polar surface area (TPSA) is 157 Å². The SMILES string of the molecule is COc1ccc2c(O[C@H]3CC4C(=O)N(C)CCCCC/C=C\[C@@H]5C[C@@]5(C(=O)NS(=O)(=O)C5CC5)NC(=O)[C@@H]4C3)cc(-c3nc(C(C)C)cs3)nc2c1. The van der Waals surface area contributed by atoms with Crippen LogP contribution < -0.4 is 19.5 Å². The summed E-state index contributed by atoms with van der Waals surface area (Å²) in [7, 11) is -0.458. The molecule has 52 heavy (non-hydrogen) atoms. The van der Waals surface area contributed by atoms with Crippen molar-refractivity contribution in [1.29, 1.82) is 0 Å². The van der Waals surface area contributed by atoms with E-state index in [1.807, 2.05) is 41.8 Å². The number of amides is 3. The van der Waals surface area contributed by atoms with E-state index in [9.17, 15) is 22.8 Å². The van der Waals surface area contributed by atoms with Gasteiger partial charge in [-0.1, -0.05) is 32.4 Å². The first kappa shape index (κ1) is 36.3. The fourth-order valence-corrected chi connectivity index (χ4v) is 9.73. The quantitative estimate of drug-likeness (QED) is 0.291. The first-order chi connectivity index (χ1) is 24.9. The van der Waals surface area contributed by atoms with Crippen LogP contribution in [0.4, 0.5) is 0 Å². The molecule has 1 aliphatic heterocycles. The number of hydrogen-bond acceptors (Lipinski definition) is 10. The highest BCUT2D eigenvalue weighted by Gasteiger charge is 2.62. The van der Waals surface area contributed by atoms with Gasteiger partial charge in [0.2, 0.25) is 21.8 Å². The Bertz CT molecular complexity index is 2010. The maximum absolute atomic E-state index is 14.3. The molecule has 0 radical (unpaired) electrons. The Hall–Kier alpha value is -4.04. The minimum atomic E-state index is -3.83. The van der Waals surface area contributed by atoms with E-state index >= 15 is 0 Å². The molecule has 278 valence electrons. The summed E-state index contributed by atoms with van der Waals surface area (Å²) in [4.78, 5) is 53.4. The number of aromatic nitrogens is 2. The van der Waals surface area contributed by atoms with Crippen LogP contribution in [0.25, 0.3) is 21.6 Å². The minimum Gasteiger partial charge on any atom is -0.497 e. The number of ether oxygens (including phenoxy) is 2. The van der Waals surface area contributed by atoms with Gasteiger partial charge in [-0.3, -0.25) is 19.1 Å². The number of hydrogen-bond donors (Lipinski definition) is 2. The summed E-state index contributed by atoms with van der Waals surface area (Å²) in [5, 5.41) is 5.93. The molecule has 0 saturated heterocycles. The molecule has 2 N–H and O–H groups in total. The number of methoxy groups -OCH3 is 1. The molecule has 4 aliphatic rings. The van der Waals surface area contributed by atoms with E-state index in [1.54, 1.807) is 19.1 Å². The summed E-state index contributed by atoms with van der Waals surface area (Å²) in [6, 6.07) is 7.44. The molecule has 3 aliphatic carbocycles. The summed E-state index contributed by atoms with van der Waals surface area (Å²) in [5.41, 5.74) is 0.888. The van der Waals surface area contributed by atoms with E-state index in [0.29, 0.717) is 48.5 Å². The molecule has 0 spiro atoms. The van der Waals surface area contributed by atoms with E-state index in [2.05, 4.69) is 23.9 Å². The number of benzene rings is 1. The van der Waals surface area contributed by atoms with Crippen LogP contribution in [0.15, 0.2) is 41.8 Å². The van der Waals surface area contributed by atoms with Gasteiger partial charge in [0.05, 0.1) is 35.4 Å². The molecule has 7 rings (SSSR count). The number of sulfonamides is 1. The molecule has 1 unspecified atom stereocenters. The van der Waals surface area contributed by atoms with Crippen LogP contribution in [0.2, 0.25) is 0 Å². The second-order valence-electron chi connectivity index (χ2n) is 15.0. The lowest BCUT2D eigenvalue weighted by molar-refractivity contribution is -0.140. The zero-order valence-corrected chi connectivity index (χ0v) is 31.7. The molecule has 3 fully saturated rings. The Balaban J connectivity index is 1.20. The van der Waals surface area contributed by atoms with Gasteiger partial charge in [0.15, 0.2) is 0 Å². The largest absolute Gasteiger partial charge is 0.497 e. The highest BCUT2D eigenvalue weighted by Crippen LogP contribution is 2.47. The monoisotopic (exact) mass is 749 g/mol. The lowest BCUT2D eigenvalue weighted by atomic mass is 9.93. The number of rotatable bonds is 8. The van der Waals surface area contributed by atoms with Crippen molar-refractivity contribution in [1.82, 2.24) is 24.9 Å². The van der Waals surface area contributed by atoms with Gasteiger partial charge in [0.1, 0.15) is 33.8 Å². The van der Waals surface area contributed by atoms with E-state index in [1.165, 1.54) is 11.3 Å². The third-order valence-corrected chi connectivity index (χ3v) is 13.6. The maximum atomic E-state index is 14.3. The molecule has 14 heteroatoms. The maximum Gasteiger partial charge on any atom is 0.259 e. The molecular formula is C38H47N5O7S2. The zero-order chi connectivity index (χ0) is 36.8. The third-order valence-electron chi connectivity index (χ3n) is 10.9. The van der Waals surface area contributed by atoms with Gasteiger partial charge < -0.3 is 19.7 Å². The van der Waals surface area contributed by atoms with Crippen molar-refractivity contribution >= 4 is 50.0 Å². The van der Waals surface area contributed by atoms with E-state index < -0.39 is 50.6 Å². The highest BCUT2D eigenvalue weighted by atomic mass is 32.2. The second kappa shape index (κ2) is 14.4. The Morgan fingerprint density at radius 3 is 2.62 bits per heavy atom. The fourth-order valence-electron chi connectivity index (χ4n) is 7.43. The van der Waals surface area contributed by atoms with Gasteiger partial charge in [-0.25, -0.2) is 18.4 Å². The smallest absolute Gasteiger partial charge is 0.259 e. The molecule has 2 aromatic heterocycles. The number of nitrogens with one attached hydrogen (secondary N) is 2. The van der Waals surface area contributed by atoms with E-state index in [4.69, 9.17) is 19.4 Å². The average Bonchev–Trinajstić information content (AvgIpc) is 3.99. The van der Waals surface area contributed by atoms with Crippen molar-refractivity contribution in [3.63, 3.8) is 0 Å². The predicted octanol–water partition coefficient (Wildman–Crippen LogP) is 5.34. The first-order valence-corrected chi connectivity index (χ1v) is 20.7. The Morgan fingerprint density at radius 2 is 1.88 bits per heavy atom. The third kappa shape index (κ3) is 7.41. The van der Waals surface area contributed by atoms with Crippen LogP contribution in [0, 0.1) is 17.8 Å². The number of carbonyl (C=O) groups is 3. The van der Waals surface area contributed by atoms with Crippen LogP contribution in [-0.2, 0) is 24.4 Å². The van der Waals surface area contributed by atoms with Gasteiger partial charge in [-0.15, -0.1) is 11.3 Å². The van der Waals surface area contributed by atoms with Crippen molar-refractivity contribution in [3.8, 4) is 22.2 Å². The summed E-state index contributed by atoms with van der Waals surface area (Å²) >= 11 is 1.51. The van der Waals surface area contributed by atoms with Crippen molar-refractivity contribution < 1.29 is 32.3 Å². The molecule has 0 bridgehead atoms. The second-order valence-corrected chi connectivity index (χ2v) is 17.8. The van der Waals surface area contributed by atoms with Crippen molar-refractivity contribution in [2.24, 2.45) is 17.8 Å². The van der Waals surface area contributed by atoms with Crippen LogP contribution in [0.3, 0.4) is 0 Å². The van der Waals surface area contributed by atoms with Crippen LogP contribution in [0.5, 0.6) is 11.5 Å². The van der Waals surface area contributed by atoms with Crippen LogP contribution >= 0.6 is 11.3 Å². The Kier molecular flexibility index (Phi) is 10.1. The lowest BCUT2D eigenvalue weighted by Gasteiger charge is -2.26. The van der Waals surface area contributed by atoms with Gasteiger partial charge in [-0.2, -0.15) is 0 Å². The van der Waals surface area contributed by atoms with Crippen molar-refractivity contribution in [2.75, 3.05) is 20.7 Å². The van der Waals surface area contributed by atoms with Crippen molar-refractivity contribution in [3.05, 3.63) is 47.5 Å². The predicted molar refractivity (Wildman–Crippen MR) is 198 cm³/mol. The lowest BCUT2D eigenvalue weighted by Crippen LogP contribution is -2.54. The molecule has 5 atom stereocenters. The summed E-state index contributed by atoms with van der Waals surface area (Å²) in [5.74, 6) is -1.67. The van der Waals surface area contributed by atoms with Gasteiger partial charge in [-0.05, 0) is 69.4 Å². The molecule has 12 nitrogen and oxygen atoms in total. The van der Waals surface area contributed by atoms with Gasteiger partial charge >= 0.3 is 0 Å². The summed E-state index contributed by atoms with van der Waals surface area (Å²) in [6.45, 7) is 4.75. The molecule has 3 saturated carbocycles. The van der Waals surface area contributed by atoms with E-state index in [0.717, 1.165) is 41.8 Å². The standard InChI is InChI=1S/C38H47N5O7S2/c1-22(2)32-21-51-35(40-32)31-19-33(27-14-11-24(49-4)18-30(27)39-31)50-25-16-28-29(17-25)36(45)43(3)15-9-7-5-6-8-10-23-20-38(23,41-34(28)44)37(46)42-52(47,48)26-12-13-26/h8,10-11,14,18-19,21-23,25-26,28-29H,5-7,9,12-13,15-17,20H2,1-4H3,(H,41,44)(H,42,46)/b10-8-/t23-,25-,28-,29?,38-/m1/s1. The number of carbonyl (C=O) groups excluding carboxylic acids is 3. The summed E-state index contributed by atoms with van der Waals surface area (Å²) in [6.07, 6.45) is 8.74.